The largest absolute Gasteiger partial charge is 0.185 e. The van der Waals surface area contributed by atoms with E-state index < -0.39 is 0 Å². The van der Waals surface area contributed by atoms with Gasteiger partial charge in [0, 0.05) is 11.5 Å². The van der Waals surface area contributed by atoms with Crippen LogP contribution in [-0.4, -0.2) is 0 Å². The van der Waals surface area contributed by atoms with Gasteiger partial charge in [0.15, 0.2) is 0 Å². The van der Waals surface area contributed by atoms with Crippen molar-refractivity contribution in [2.45, 2.75) is 11.5 Å². The van der Waals surface area contributed by atoms with Crippen LogP contribution in [0, 0.1) is 21.3 Å². The molecule has 1 rings (SSSR count). The summed E-state index contributed by atoms with van der Waals surface area (Å²) in [6, 6.07) is 7.99. The minimum absolute atomic E-state index is 0.724. The van der Waals surface area contributed by atoms with Gasteiger partial charge < -0.3 is 0 Å². The quantitative estimate of drug-likeness (QED) is 0.731. The second-order valence-corrected chi connectivity index (χ2v) is 4.10. The predicted molar refractivity (Wildman–Crippen MR) is 60.3 cm³/mol. The molecule has 0 saturated heterocycles. The number of nitriles is 2. The molecule has 0 aliphatic carbocycles. The molecule has 0 amide bonds. The minimum Gasteiger partial charge on any atom is -0.185 e. The zero-order valence-corrected chi connectivity index (χ0v) is 9.07. The van der Waals surface area contributed by atoms with Crippen molar-refractivity contribution in [3.8, 4) is 10.8 Å². The summed E-state index contributed by atoms with van der Waals surface area (Å²) in [7, 11) is 0. The van der Waals surface area contributed by atoms with Crippen LogP contribution in [0.3, 0.4) is 0 Å². The van der Waals surface area contributed by atoms with Crippen LogP contribution < -0.4 is 0 Å². The van der Waals surface area contributed by atoms with E-state index in [0.717, 1.165) is 22.6 Å². The van der Waals surface area contributed by atoms with Gasteiger partial charge in [-0.2, -0.15) is 10.5 Å². The molecule has 0 saturated carbocycles. The van der Waals surface area contributed by atoms with Gasteiger partial charge in [-0.05, 0) is 34.7 Å². The van der Waals surface area contributed by atoms with E-state index in [0.29, 0.717) is 0 Å². The first-order chi connectivity index (χ1) is 6.86. The van der Waals surface area contributed by atoms with Crippen LogP contribution >= 0.6 is 23.5 Å². The highest BCUT2D eigenvalue weighted by atomic mass is 32.2. The molecule has 0 aliphatic rings. The van der Waals surface area contributed by atoms with Gasteiger partial charge in [-0.1, -0.05) is 24.3 Å². The molecule has 0 spiro atoms. The van der Waals surface area contributed by atoms with E-state index >= 15 is 0 Å². The highest BCUT2D eigenvalue weighted by Gasteiger charge is 1.95. The Balaban J connectivity index is 2.52. The highest BCUT2D eigenvalue weighted by molar-refractivity contribution is 8.03. The van der Waals surface area contributed by atoms with Crippen molar-refractivity contribution in [1.29, 1.82) is 10.5 Å². The van der Waals surface area contributed by atoms with Crippen molar-refractivity contribution in [1.82, 2.24) is 0 Å². The fourth-order valence-electron chi connectivity index (χ4n) is 0.963. The normalized spacial score (nSPS) is 9.00. The Bertz CT molecular complexity index is 322. The molecule has 0 aromatic heterocycles. The summed E-state index contributed by atoms with van der Waals surface area (Å²) in [5.74, 6) is 1.45. The standard InChI is InChI=1S/C10H8N2S2/c11-7-13-5-9-1-2-10(4-3-9)6-14-8-12/h1-4H,5-6H2. The topological polar surface area (TPSA) is 47.6 Å². The number of rotatable bonds is 4. The molecule has 0 bridgehead atoms. The van der Waals surface area contributed by atoms with Crippen molar-refractivity contribution in [2.75, 3.05) is 0 Å². The summed E-state index contributed by atoms with van der Waals surface area (Å²) in [6.07, 6.45) is 0. The second kappa shape index (κ2) is 6.37. The van der Waals surface area contributed by atoms with E-state index in [1.165, 1.54) is 23.5 Å². The maximum atomic E-state index is 8.37. The van der Waals surface area contributed by atoms with Crippen molar-refractivity contribution in [2.24, 2.45) is 0 Å². The molecule has 1 aromatic rings. The van der Waals surface area contributed by atoms with Crippen molar-refractivity contribution < 1.29 is 0 Å². The molecule has 4 heteroatoms. The Kier molecular flexibility index (Phi) is 4.99. The lowest BCUT2D eigenvalue weighted by Crippen LogP contribution is -1.82. The summed E-state index contributed by atoms with van der Waals surface area (Å²) >= 11 is 2.47. The van der Waals surface area contributed by atoms with Crippen LogP contribution in [-0.2, 0) is 11.5 Å². The Morgan fingerprint density at radius 1 is 0.857 bits per heavy atom. The molecule has 0 atom stereocenters. The summed E-state index contributed by atoms with van der Waals surface area (Å²) in [4.78, 5) is 0. The predicted octanol–water partition coefficient (Wildman–Crippen LogP) is 3.12. The number of nitrogens with zero attached hydrogens (tertiary/aromatic N) is 2. The molecule has 0 N–H and O–H groups in total. The van der Waals surface area contributed by atoms with Crippen molar-refractivity contribution in [3.63, 3.8) is 0 Å². The van der Waals surface area contributed by atoms with Gasteiger partial charge in [-0.25, -0.2) is 0 Å². The van der Waals surface area contributed by atoms with E-state index in [-0.39, 0.29) is 0 Å². The van der Waals surface area contributed by atoms with Gasteiger partial charge >= 0.3 is 0 Å². The van der Waals surface area contributed by atoms with Crippen LogP contribution in [0.25, 0.3) is 0 Å². The number of hydrogen-bond donors (Lipinski definition) is 0. The lowest BCUT2D eigenvalue weighted by Gasteiger charge is -1.99. The summed E-state index contributed by atoms with van der Waals surface area (Å²) < 4.78 is 0. The lowest BCUT2D eigenvalue weighted by molar-refractivity contribution is 1.35. The molecule has 0 aliphatic heterocycles. The number of hydrogen-bond acceptors (Lipinski definition) is 4. The summed E-state index contributed by atoms with van der Waals surface area (Å²) in [6.45, 7) is 0. The van der Waals surface area contributed by atoms with Crippen molar-refractivity contribution in [3.05, 3.63) is 35.4 Å². The Morgan fingerprint density at radius 3 is 1.50 bits per heavy atom. The molecule has 0 fully saturated rings. The van der Waals surface area contributed by atoms with Gasteiger partial charge in [0.2, 0.25) is 0 Å². The molecule has 2 nitrogen and oxygen atoms in total. The second-order valence-electron chi connectivity index (χ2n) is 2.58. The highest BCUT2D eigenvalue weighted by Crippen LogP contribution is 2.15. The third kappa shape index (κ3) is 3.74. The average Bonchev–Trinajstić information content (AvgIpc) is 2.25. The van der Waals surface area contributed by atoms with Crippen LogP contribution in [0.2, 0.25) is 0 Å². The minimum atomic E-state index is 0.724. The summed E-state index contributed by atoms with van der Waals surface area (Å²) in [5.41, 5.74) is 2.28. The third-order valence-electron chi connectivity index (χ3n) is 1.63. The molecule has 70 valence electrons. The number of benzene rings is 1. The van der Waals surface area contributed by atoms with E-state index in [4.69, 9.17) is 10.5 Å². The van der Waals surface area contributed by atoms with Gasteiger partial charge in [0.05, 0.1) is 0 Å². The molecule has 0 heterocycles. The van der Waals surface area contributed by atoms with E-state index in [1.54, 1.807) is 0 Å². The first kappa shape index (κ1) is 11.0. The smallest absolute Gasteiger partial charge is 0.133 e. The van der Waals surface area contributed by atoms with Gasteiger partial charge in [-0.3, -0.25) is 0 Å². The monoisotopic (exact) mass is 220 g/mol. The number of thiocyanates is 2. The zero-order chi connectivity index (χ0) is 10.2. The maximum absolute atomic E-state index is 8.37. The first-order valence-electron chi connectivity index (χ1n) is 3.96. The van der Waals surface area contributed by atoms with E-state index in [9.17, 15) is 0 Å². The number of thioether (sulfide) groups is 2. The molecular weight excluding hydrogens is 212 g/mol. The van der Waals surface area contributed by atoms with Crippen LogP contribution in [0.4, 0.5) is 0 Å². The van der Waals surface area contributed by atoms with Gasteiger partial charge in [0.25, 0.3) is 0 Å². The van der Waals surface area contributed by atoms with Crippen LogP contribution in [0.1, 0.15) is 11.1 Å². The van der Waals surface area contributed by atoms with E-state index in [2.05, 4.69) is 0 Å². The van der Waals surface area contributed by atoms with Gasteiger partial charge in [-0.15, -0.1) is 0 Å². The van der Waals surface area contributed by atoms with Crippen molar-refractivity contribution >= 4 is 23.5 Å². The Labute approximate surface area is 91.9 Å². The fraction of sp³-hybridized carbons (Fsp3) is 0.200. The molecule has 14 heavy (non-hydrogen) atoms. The Morgan fingerprint density at radius 2 is 1.21 bits per heavy atom. The van der Waals surface area contributed by atoms with Gasteiger partial charge in [0.1, 0.15) is 10.8 Å². The van der Waals surface area contributed by atoms with E-state index in [1.807, 2.05) is 35.1 Å². The van der Waals surface area contributed by atoms with Crippen LogP contribution in [0.5, 0.6) is 0 Å². The van der Waals surface area contributed by atoms with Crippen LogP contribution in [0.15, 0.2) is 24.3 Å². The third-order valence-corrected chi connectivity index (χ3v) is 2.84. The molecule has 0 unspecified atom stereocenters. The maximum Gasteiger partial charge on any atom is 0.133 e. The average molecular weight is 220 g/mol. The SMILES string of the molecule is N#CSCc1ccc(CSC#N)cc1. The Hall–Kier alpha value is -1.10. The first-order valence-corrected chi connectivity index (χ1v) is 5.93. The fourth-order valence-corrected chi connectivity index (χ4v) is 1.81. The molecule has 0 radical (unpaired) electrons. The molecular formula is C10H8N2S2. The summed E-state index contributed by atoms with van der Waals surface area (Å²) in [5, 5.41) is 20.8. The lowest BCUT2D eigenvalue weighted by atomic mass is 10.2. The molecule has 1 aromatic carbocycles. The zero-order valence-electron chi connectivity index (χ0n) is 7.43.